The van der Waals surface area contributed by atoms with Gasteiger partial charge in [0.2, 0.25) is 6.41 Å². The van der Waals surface area contributed by atoms with Gasteiger partial charge >= 0.3 is 6.95 Å². The van der Waals surface area contributed by atoms with Crippen molar-refractivity contribution in [1.29, 1.82) is 0 Å². The van der Waals surface area contributed by atoms with Gasteiger partial charge < -0.3 is 13.9 Å². The van der Waals surface area contributed by atoms with Crippen LogP contribution in [0.3, 0.4) is 0 Å². The fourth-order valence-corrected chi connectivity index (χ4v) is 2.50. The van der Waals surface area contributed by atoms with Crippen LogP contribution in [-0.4, -0.2) is 25.4 Å². The molecular formula is C15H17ClNO4P. The molecule has 0 aliphatic carbocycles. The summed E-state index contributed by atoms with van der Waals surface area (Å²) < 4.78 is 22.1. The Balaban J connectivity index is 0.000000422. The number of hydrogen-bond acceptors (Lipinski definition) is 4. The molecule has 118 valence electrons. The van der Waals surface area contributed by atoms with Gasteiger partial charge in [-0.3, -0.25) is 4.79 Å². The van der Waals surface area contributed by atoms with Crippen molar-refractivity contribution in [2.75, 3.05) is 14.1 Å². The van der Waals surface area contributed by atoms with Crippen molar-refractivity contribution < 1.29 is 18.4 Å². The molecule has 2 aromatic carbocycles. The highest BCUT2D eigenvalue weighted by atomic mass is 35.7. The van der Waals surface area contributed by atoms with E-state index < -0.39 is 6.95 Å². The minimum Gasteiger partial charge on any atom is -0.405 e. The van der Waals surface area contributed by atoms with Crippen LogP contribution in [-0.2, 0) is 9.36 Å². The van der Waals surface area contributed by atoms with E-state index in [0.717, 1.165) is 6.41 Å². The second-order valence-electron chi connectivity index (χ2n) is 4.31. The predicted octanol–water partition coefficient (Wildman–Crippen LogP) is 4.20. The zero-order valence-corrected chi connectivity index (χ0v) is 13.9. The largest absolute Gasteiger partial charge is 0.530 e. The maximum atomic E-state index is 11.9. The van der Waals surface area contributed by atoms with Gasteiger partial charge in [-0.15, -0.1) is 0 Å². The third-order valence-electron chi connectivity index (χ3n) is 2.13. The SMILES string of the molecule is CN(C)C=O.O=P(Cl)(Oc1ccccc1)Oc1ccccc1. The van der Waals surface area contributed by atoms with Gasteiger partial charge in [-0.25, -0.2) is 4.57 Å². The highest BCUT2D eigenvalue weighted by molar-refractivity contribution is 7.82. The first-order chi connectivity index (χ1) is 10.4. The molecule has 0 aliphatic heterocycles. The highest BCUT2D eigenvalue weighted by Gasteiger charge is 2.24. The maximum Gasteiger partial charge on any atom is 0.530 e. The van der Waals surface area contributed by atoms with Crippen molar-refractivity contribution in [2.24, 2.45) is 0 Å². The lowest BCUT2D eigenvalue weighted by Gasteiger charge is -2.13. The average molecular weight is 342 g/mol. The molecule has 0 aliphatic rings. The van der Waals surface area contributed by atoms with Crippen molar-refractivity contribution >= 4 is 24.6 Å². The Labute approximate surface area is 134 Å². The van der Waals surface area contributed by atoms with E-state index in [1.54, 1.807) is 62.6 Å². The third-order valence-corrected chi connectivity index (χ3v) is 3.40. The second-order valence-corrected chi connectivity index (χ2v) is 6.78. The van der Waals surface area contributed by atoms with E-state index in [0.29, 0.717) is 11.5 Å². The van der Waals surface area contributed by atoms with Crippen LogP contribution in [0.5, 0.6) is 11.5 Å². The van der Waals surface area contributed by atoms with Gasteiger partial charge in [-0.05, 0) is 24.3 Å². The van der Waals surface area contributed by atoms with Crippen LogP contribution in [0.1, 0.15) is 0 Å². The molecule has 0 fully saturated rings. The van der Waals surface area contributed by atoms with Crippen LogP contribution in [0.15, 0.2) is 60.7 Å². The van der Waals surface area contributed by atoms with Gasteiger partial charge in [-0.2, -0.15) is 0 Å². The van der Waals surface area contributed by atoms with Crippen molar-refractivity contribution in [3.8, 4) is 11.5 Å². The predicted molar refractivity (Wildman–Crippen MR) is 87.4 cm³/mol. The zero-order chi connectivity index (χ0) is 16.4. The lowest BCUT2D eigenvalue weighted by molar-refractivity contribution is -0.115. The van der Waals surface area contributed by atoms with Crippen LogP contribution < -0.4 is 9.05 Å². The highest BCUT2D eigenvalue weighted by Crippen LogP contribution is 2.52. The number of rotatable bonds is 5. The molecule has 0 atom stereocenters. The molecule has 2 aromatic rings. The molecule has 0 unspecified atom stereocenters. The summed E-state index contributed by atoms with van der Waals surface area (Å²) in [6.45, 7) is -3.66. The van der Waals surface area contributed by atoms with Crippen molar-refractivity contribution in [2.45, 2.75) is 0 Å². The monoisotopic (exact) mass is 341 g/mol. The Morgan fingerprint density at radius 3 is 1.50 bits per heavy atom. The van der Waals surface area contributed by atoms with Crippen LogP contribution in [0.4, 0.5) is 0 Å². The molecule has 5 nitrogen and oxygen atoms in total. The Kier molecular flexibility index (Phi) is 7.50. The van der Waals surface area contributed by atoms with Gasteiger partial charge in [-0.1, -0.05) is 36.4 Å². The summed E-state index contributed by atoms with van der Waals surface area (Å²) >= 11 is 5.72. The topological polar surface area (TPSA) is 55.8 Å². The van der Waals surface area contributed by atoms with Crippen LogP contribution in [0.25, 0.3) is 0 Å². The molecular weight excluding hydrogens is 325 g/mol. The lowest BCUT2D eigenvalue weighted by atomic mass is 10.3. The number of halogens is 1. The van der Waals surface area contributed by atoms with E-state index in [1.165, 1.54) is 4.90 Å². The summed E-state index contributed by atoms with van der Waals surface area (Å²) in [5.41, 5.74) is 0. The smallest absolute Gasteiger partial charge is 0.405 e. The molecule has 0 heterocycles. The summed E-state index contributed by atoms with van der Waals surface area (Å²) in [5.74, 6) is 0.809. The number of carbonyl (C=O) groups is 1. The van der Waals surface area contributed by atoms with Crippen LogP contribution >= 0.6 is 18.2 Å². The first-order valence-electron chi connectivity index (χ1n) is 6.33. The molecule has 22 heavy (non-hydrogen) atoms. The van der Waals surface area contributed by atoms with Crippen molar-refractivity contribution in [3.05, 3.63) is 60.7 Å². The summed E-state index contributed by atoms with van der Waals surface area (Å²) in [6.07, 6.45) is 0.750. The number of hydrogen-bond donors (Lipinski definition) is 0. The molecule has 0 bridgehead atoms. The Hall–Kier alpha value is -1.97. The molecule has 0 radical (unpaired) electrons. The summed E-state index contributed by atoms with van der Waals surface area (Å²) in [4.78, 5) is 10.9. The van der Waals surface area contributed by atoms with Crippen LogP contribution in [0, 0.1) is 0 Å². The maximum absolute atomic E-state index is 11.9. The van der Waals surface area contributed by atoms with E-state index >= 15 is 0 Å². The molecule has 0 aromatic heterocycles. The van der Waals surface area contributed by atoms with E-state index in [2.05, 4.69) is 0 Å². The minimum atomic E-state index is -3.66. The number of para-hydroxylation sites is 2. The van der Waals surface area contributed by atoms with Gasteiger partial charge in [0, 0.05) is 25.3 Å². The Bertz CT molecular complexity index is 562. The Morgan fingerprint density at radius 1 is 0.909 bits per heavy atom. The summed E-state index contributed by atoms with van der Waals surface area (Å²) in [5, 5.41) is 0. The van der Waals surface area contributed by atoms with Crippen molar-refractivity contribution in [3.63, 3.8) is 0 Å². The standard InChI is InChI=1S/C12H10ClO3P.C3H7NO/c13-17(14,15-11-7-3-1-4-8-11)16-12-9-5-2-6-10-12;1-4(2)3-5/h1-10H;3H,1-2H3. The fourth-order valence-electron chi connectivity index (χ4n) is 1.23. The van der Waals surface area contributed by atoms with Crippen molar-refractivity contribution in [1.82, 2.24) is 4.90 Å². The quantitative estimate of drug-likeness (QED) is 0.604. The summed E-state index contributed by atoms with van der Waals surface area (Å²) in [7, 11) is 3.38. The Morgan fingerprint density at radius 2 is 1.23 bits per heavy atom. The van der Waals surface area contributed by atoms with Crippen LogP contribution in [0.2, 0.25) is 0 Å². The number of amides is 1. The average Bonchev–Trinajstić information content (AvgIpc) is 2.49. The van der Waals surface area contributed by atoms with Gasteiger partial charge in [0.1, 0.15) is 11.5 Å². The molecule has 2 rings (SSSR count). The van der Waals surface area contributed by atoms with E-state index in [9.17, 15) is 9.36 Å². The van der Waals surface area contributed by atoms with Gasteiger partial charge in [0.05, 0.1) is 0 Å². The van der Waals surface area contributed by atoms with Gasteiger partial charge in [0.15, 0.2) is 0 Å². The first-order valence-corrected chi connectivity index (χ1v) is 8.78. The second kappa shape index (κ2) is 9.13. The van der Waals surface area contributed by atoms with E-state index in [4.69, 9.17) is 20.3 Å². The molecule has 0 saturated heterocycles. The summed E-state index contributed by atoms with van der Waals surface area (Å²) in [6, 6.07) is 17.3. The first kappa shape index (κ1) is 18.1. The zero-order valence-electron chi connectivity index (χ0n) is 12.3. The normalized spacial score (nSPS) is 9.95. The lowest BCUT2D eigenvalue weighted by Crippen LogP contribution is -2.06. The number of benzene rings is 2. The minimum absolute atomic E-state index is 0.404. The molecule has 1 amide bonds. The third kappa shape index (κ3) is 7.72. The van der Waals surface area contributed by atoms with Gasteiger partial charge in [0.25, 0.3) is 0 Å². The molecule has 0 saturated carbocycles. The number of carbonyl (C=O) groups excluding carboxylic acids is 1. The fraction of sp³-hybridized carbons (Fsp3) is 0.133. The molecule has 0 spiro atoms. The van der Waals surface area contributed by atoms with E-state index in [-0.39, 0.29) is 0 Å². The molecule has 0 N–H and O–H groups in total. The van der Waals surface area contributed by atoms with E-state index in [1.807, 2.05) is 12.1 Å². The molecule has 7 heteroatoms. The number of nitrogens with zero attached hydrogens (tertiary/aromatic N) is 1.